The van der Waals surface area contributed by atoms with Gasteiger partial charge in [0, 0.05) is 16.5 Å². The van der Waals surface area contributed by atoms with Crippen LogP contribution in [0.15, 0.2) is 58.7 Å². The molecule has 9 heteroatoms. The number of carbonyl (C=O) groups excluding carboxylic acids is 2. The van der Waals surface area contributed by atoms with E-state index in [1.807, 2.05) is 44.2 Å². The Labute approximate surface area is 193 Å². The van der Waals surface area contributed by atoms with E-state index in [0.717, 1.165) is 27.1 Å². The second-order valence-electron chi connectivity index (χ2n) is 7.42. The maximum atomic E-state index is 13.4. The molecule has 2 amide bonds. The molecule has 4 rings (SSSR count). The topological polar surface area (TPSA) is 102 Å². The first kappa shape index (κ1) is 22.2. The number of hydrogen-bond acceptors (Lipinski definition) is 6. The molecule has 0 saturated carbocycles. The Morgan fingerprint density at radius 2 is 1.82 bits per heavy atom. The minimum absolute atomic E-state index is 0.00965. The van der Waals surface area contributed by atoms with Gasteiger partial charge in [-0.15, -0.1) is 11.3 Å². The van der Waals surface area contributed by atoms with Crippen molar-refractivity contribution in [1.82, 2.24) is 9.78 Å². The number of ether oxygens (including phenoxy) is 1. The predicted octanol–water partition coefficient (Wildman–Crippen LogP) is 4.88. The third-order valence-corrected chi connectivity index (χ3v) is 5.80. The van der Waals surface area contributed by atoms with Crippen LogP contribution in [0.2, 0.25) is 0 Å². The van der Waals surface area contributed by atoms with Crippen LogP contribution in [0.25, 0.3) is 16.5 Å². The third kappa shape index (κ3) is 4.63. The molecule has 4 aromatic rings. The Hall–Kier alpha value is -3.98. The van der Waals surface area contributed by atoms with E-state index in [4.69, 9.17) is 4.74 Å². The number of anilines is 2. The molecule has 8 nitrogen and oxygen atoms in total. The number of aromatic nitrogens is 2. The normalized spacial score (nSPS) is 10.8. The van der Waals surface area contributed by atoms with Gasteiger partial charge in [-0.25, -0.2) is 9.59 Å². The molecule has 2 aromatic carbocycles. The smallest absolute Gasteiger partial charge is 0.359 e. The van der Waals surface area contributed by atoms with Gasteiger partial charge < -0.3 is 10.1 Å². The second kappa shape index (κ2) is 9.25. The molecule has 2 N–H and O–H groups in total. The van der Waals surface area contributed by atoms with Crippen LogP contribution in [0.1, 0.15) is 28.5 Å². The average molecular weight is 463 g/mol. The summed E-state index contributed by atoms with van der Waals surface area (Å²) >= 11 is 1.14. The molecule has 0 unspecified atom stereocenters. The quantitative estimate of drug-likeness (QED) is 0.411. The summed E-state index contributed by atoms with van der Waals surface area (Å²) < 4.78 is 6.31. The number of aryl methyl sites for hydroxylation is 2. The van der Waals surface area contributed by atoms with E-state index < -0.39 is 17.6 Å². The molecule has 0 fully saturated rings. The van der Waals surface area contributed by atoms with Gasteiger partial charge in [-0.3, -0.25) is 10.1 Å². The fourth-order valence-electron chi connectivity index (χ4n) is 3.34. The van der Waals surface area contributed by atoms with Crippen LogP contribution >= 0.6 is 11.3 Å². The Kier molecular flexibility index (Phi) is 6.23. The summed E-state index contributed by atoms with van der Waals surface area (Å²) in [5.41, 5.74) is 2.70. The van der Waals surface area contributed by atoms with Crippen LogP contribution in [0.5, 0.6) is 0 Å². The number of esters is 1. The summed E-state index contributed by atoms with van der Waals surface area (Å²) in [6, 6.07) is 14.0. The SMILES string of the molecule is CCOC(=O)c1nn(-c2ccc(C)cc2)c(=O)c2c(NC(=O)Nc3cccc(C)c3)scc12. The minimum atomic E-state index is -0.642. The lowest BCUT2D eigenvalue weighted by Crippen LogP contribution is -2.26. The Balaban J connectivity index is 1.79. The van der Waals surface area contributed by atoms with Crippen molar-refractivity contribution in [1.29, 1.82) is 0 Å². The zero-order valence-electron chi connectivity index (χ0n) is 18.3. The first-order valence-corrected chi connectivity index (χ1v) is 11.2. The van der Waals surface area contributed by atoms with Crippen LogP contribution < -0.4 is 16.2 Å². The monoisotopic (exact) mass is 462 g/mol. The van der Waals surface area contributed by atoms with E-state index in [0.29, 0.717) is 21.8 Å². The molecule has 0 aliphatic carbocycles. The number of amides is 2. The molecule has 0 bridgehead atoms. The van der Waals surface area contributed by atoms with Crippen molar-refractivity contribution < 1.29 is 14.3 Å². The van der Waals surface area contributed by atoms with Crippen LogP contribution in [0.4, 0.5) is 15.5 Å². The van der Waals surface area contributed by atoms with E-state index >= 15 is 0 Å². The second-order valence-corrected chi connectivity index (χ2v) is 8.30. The lowest BCUT2D eigenvalue weighted by Gasteiger charge is -2.10. The first-order chi connectivity index (χ1) is 15.9. The maximum Gasteiger partial charge on any atom is 0.359 e. The van der Waals surface area contributed by atoms with Gasteiger partial charge in [0.2, 0.25) is 0 Å². The molecular weight excluding hydrogens is 440 g/mol. The van der Waals surface area contributed by atoms with Crippen molar-refractivity contribution >= 4 is 44.8 Å². The molecule has 2 aromatic heterocycles. The van der Waals surface area contributed by atoms with Crippen molar-refractivity contribution in [2.24, 2.45) is 0 Å². The summed E-state index contributed by atoms with van der Waals surface area (Å²) in [4.78, 5) is 38.6. The number of urea groups is 1. The van der Waals surface area contributed by atoms with Crippen LogP contribution in [-0.4, -0.2) is 28.4 Å². The largest absolute Gasteiger partial charge is 0.461 e. The highest BCUT2D eigenvalue weighted by Gasteiger charge is 2.23. The summed E-state index contributed by atoms with van der Waals surface area (Å²) in [6.45, 7) is 5.72. The zero-order chi connectivity index (χ0) is 23.5. The molecule has 0 spiro atoms. The number of fused-ring (bicyclic) bond motifs is 1. The van der Waals surface area contributed by atoms with Crippen molar-refractivity contribution in [3.63, 3.8) is 0 Å². The number of thiophene rings is 1. The van der Waals surface area contributed by atoms with E-state index in [1.165, 1.54) is 0 Å². The molecule has 33 heavy (non-hydrogen) atoms. The van der Waals surface area contributed by atoms with Gasteiger partial charge in [-0.2, -0.15) is 9.78 Å². The van der Waals surface area contributed by atoms with Crippen molar-refractivity contribution in [3.8, 4) is 5.69 Å². The summed E-state index contributed by atoms with van der Waals surface area (Å²) in [5.74, 6) is -0.642. The van der Waals surface area contributed by atoms with Gasteiger partial charge in [-0.05, 0) is 50.6 Å². The maximum absolute atomic E-state index is 13.4. The Morgan fingerprint density at radius 1 is 1.06 bits per heavy atom. The third-order valence-electron chi connectivity index (χ3n) is 4.90. The van der Waals surface area contributed by atoms with E-state index in [1.54, 1.807) is 30.5 Å². The van der Waals surface area contributed by atoms with Gasteiger partial charge >= 0.3 is 12.0 Å². The van der Waals surface area contributed by atoms with Crippen LogP contribution in [-0.2, 0) is 4.74 Å². The average Bonchev–Trinajstić information content (AvgIpc) is 3.19. The molecule has 0 aliphatic heterocycles. The molecule has 2 heterocycles. The highest BCUT2D eigenvalue weighted by atomic mass is 32.1. The predicted molar refractivity (Wildman–Crippen MR) is 130 cm³/mol. The van der Waals surface area contributed by atoms with Crippen molar-refractivity contribution in [2.45, 2.75) is 20.8 Å². The molecule has 0 saturated heterocycles. The molecule has 0 aliphatic rings. The summed E-state index contributed by atoms with van der Waals surface area (Å²) in [6.07, 6.45) is 0. The number of benzene rings is 2. The van der Waals surface area contributed by atoms with E-state index in [9.17, 15) is 14.4 Å². The van der Waals surface area contributed by atoms with Crippen molar-refractivity contribution in [3.05, 3.63) is 81.1 Å². The van der Waals surface area contributed by atoms with Gasteiger partial charge in [0.25, 0.3) is 5.56 Å². The Bertz CT molecular complexity index is 1410. The number of nitrogens with one attached hydrogen (secondary N) is 2. The molecule has 0 radical (unpaired) electrons. The van der Waals surface area contributed by atoms with Crippen LogP contribution in [0, 0.1) is 13.8 Å². The molecule has 0 atom stereocenters. The van der Waals surface area contributed by atoms with E-state index in [2.05, 4.69) is 15.7 Å². The lowest BCUT2D eigenvalue weighted by atomic mass is 10.2. The van der Waals surface area contributed by atoms with Gasteiger partial charge in [0.05, 0.1) is 17.7 Å². The Morgan fingerprint density at radius 3 is 2.52 bits per heavy atom. The lowest BCUT2D eigenvalue weighted by molar-refractivity contribution is 0.0520. The summed E-state index contributed by atoms with van der Waals surface area (Å²) in [5, 5.41) is 12.2. The standard InChI is InChI=1S/C24H22N4O4S/c1-4-32-23(30)20-18-13-33-21(26-24(31)25-16-7-5-6-15(3)12-16)19(18)22(29)28(27-20)17-10-8-14(2)9-11-17/h5-13H,4H2,1-3H3,(H2,25,26,31). The number of rotatable bonds is 5. The molecular formula is C24H22N4O4S. The van der Waals surface area contributed by atoms with Crippen LogP contribution in [0.3, 0.4) is 0 Å². The van der Waals surface area contributed by atoms with Crippen molar-refractivity contribution in [2.75, 3.05) is 17.2 Å². The number of nitrogens with zero attached hydrogens (tertiary/aromatic N) is 2. The van der Waals surface area contributed by atoms with E-state index in [-0.39, 0.29) is 17.7 Å². The first-order valence-electron chi connectivity index (χ1n) is 10.3. The number of hydrogen-bond donors (Lipinski definition) is 2. The molecule has 168 valence electrons. The summed E-state index contributed by atoms with van der Waals surface area (Å²) in [7, 11) is 0. The fourth-order valence-corrected chi connectivity index (χ4v) is 4.27. The van der Waals surface area contributed by atoms with Gasteiger partial charge in [0.15, 0.2) is 5.69 Å². The zero-order valence-corrected chi connectivity index (χ0v) is 19.2. The fraction of sp³-hybridized carbons (Fsp3) is 0.167. The van der Waals surface area contributed by atoms with Gasteiger partial charge in [0.1, 0.15) is 5.00 Å². The highest BCUT2D eigenvalue weighted by molar-refractivity contribution is 7.16. The van der Waals surface area contributed by atoms with Gasteiger partial charge in [-0.1, -0.05) is 29.8 Å². The minimum Gasteiger partial charge on any atom is -0.461 e. The highest BCUT2D eigenvalue weighted by Crippen LogP contribution is 2.31. The number of carbonyl (C=O) groups is 2.